The molecular weight excluding hydrogens is 514 g/mol. The summed E-state index contributed by atoms with van der Waals surface area (Å²) in [6.45, 7) is 4.89. The third-order valence-corrected chi connectivity index (χ3v) is 7.27. The van der Waals surface area contributed by atoms with Crippen LogP contribution in [0, 0.1) is 0 Å². The van der Waals surface area contributed by atoms with Crippen molar-refractivity contribution in [3.8, 4) is 22.8 Å². The fourth-order valence-corrected chi connectivity index (χ4v) is 5.25. The zero-order valence-corrected chi connectivity index (χ0v) is 23.2. The summed E-state index contributed by atoms with van der Waals surface area (Å²) in [5.41, 5.74) is 3.10. The second kappa shape index (κ2) is 12.2. The van der Waals surface area contributed by atoms with E-state index in [1.165, 1.54) is 0 Å². The van der Waals surface area contributed by atoms with E-state index in [1.54, 1.807) is 0 Å². The van der Waals surface area contributed by atoms with Gasteiger partial charge in [-0.1, -0.05) is 72.7 Å². The molecule has 208 valence electrons. The van der Waals surface area contributed by atoms with Crippen molar-refractivity contribution in [2.75, 3.05) is 31.1 Å². The molecule has 0 aliphatic carbocycles. The molecule has 2 aromatic heterocycles. The van der Waals surface area contributed by atoms with E-state index in [-0.39, 0.29) is 5.91 Å². The highest BCUT2D eigenvalue weighted by Crippen LogP contribution is 2.36. The van der Waals surface area contributed by atoms with Crippen LogP contribution in [0.2, 0.25) is 0 Å². The van der Waals surface area contributed by atoms with Gasteiger partial charge in [-0.3, -0.25) is 4.79 Å². The van der Waals surface area contributed by atoms with Crippen molar-refractivity contribution < 1.29 is 14.1 Å². The number of hydrogen-bond donors (Lipinski definition) is 0. The molecule has 1 saturated heterocycles. The van der Waals surface area contributed by atoms with Crippen LogP contribution >= 0.6 is 0 Å². The number of anilines is 1. The molecule has 6 rings (SSSR count). The molecule has 8 nitrogen and oxygen atoms in total. The van der Waals surface area contributed by atoms with Crippen LogP contribution in [0.25, 0.3) is 22.4 Å². The summed E-state index contributed by atoms with van der Waals surface area (Å²) in [5.74, 6) is 3.14. The summed E-state index contributed by atoms with van der Waals surface area (Å²) in [6, 6.07) is 27.7. The summed E-state index contributed by atoms with van der Waals surface area (Å²) >= 11 is 0. The van der Waals surface area contributed by atoms with Gasteiger partial charge in [-0.15, -0.1) is 0 Å². The first-order chi connectivity index (χ1) is 20.2. The number of hydrogen-bond acceptors (Lipinski definition) is 7. The lowest BCUT2D eigenvalue weighted by Crippen LogP contribution is -2.35. The van der Waals surface area contributed by atoms with Crippen LogP contribution in [-0.4, -0.2) is 52.1 Å². The lowest BCUT2D eigenvalue weighted by Gasteiger charge is -2.24. The fourth-order valence-electron chi connectivity index (χ4n) is 5.25. The molecule has 0 radical (unpaired) electrons. The molecule has 1 aliphatic heterocycles. The van der Waals surface area contributed by atoms with Gasteiger partial charge in [-0.05, 0) is 42.7 Å². The zero-order chi connectivity index (χ0) is 28.0. The number of para-hydroxylation sites is 1. The van der Waals surface area contributed by atoms with Crippen LogP contribution in [0.15, 0.2) is 89.5 Å². The second-order valence-corrected chi connectivity index (χ2v) is 10.3. The van der Waals surface area contributed by atoms with E-state index in [0.717, 1.165) is 54.0 Å². The molecule has 0 saturated carbocycles. The Balaban J connectivity index is 1.38. The molecule has 1 fully saturated rings. The number of carbonyl (C=O) groups is 1. The molecule has 0 N–H and O–H groups in total. The minimum Gasteiger partial charge on any atom is -0.457 e. The zero-order valence-electron chi connectivity index (χ0n) is 23.2. The van der Waals surface area contributed by atoms with E-state index in [9.17, 15) is 4.79 Å². The molecule has 3 aromatic carbocycles. The number of aromatic nitrogens is 3. The molecule has 0 bridgehead atoms. The topological polar surface area (TPSA) is 84.6 Å². The van der Waals surface area contributed by atoms with Gasteiger partial charge in [-0.25, -0.2) is 4.98 Å². The number of rotatable bonds is 8. The Kier molecular flexibility index (Phi) is 7.89. The number of nitrogens with zero attached hydrogens (tertiary/aromatic N) is 5. The number of carbonyl (C=O) groups excluding carboxylic acids is 1. The normalized spacial score (nSPS) is 13.8. The molecule has 8 heteroatoms. The van der Waals surface area contributed by atoms with Gasteiger partial charge in [0.25, 0.3) is 5.71 Å². The third-order valence-electron chi connectivity index (χ3n) is 7.27. The van der Waals surface area contributed by atoms with E-state index in [2.05, 4.69) is 22.2 Å². The maximum Gasteiger partial charge on any atom is 0.263 e. The lowest BCUT2D eigenvalue weighted by molar-refractivity contribution is -0.131. The number of fused-ring (bicyclic) bond motifs is 1. The first-order valence-corrected chi connectivity index (χ1v) is 14.2. The molecule has 1 amide bonds. The maximum absolute atomic E-state index is 12.7. The molecule has 0 spiro atoms. The predicted octanol–water partition coefficient (Wildman–Crippen LogP) is 6.51. The van der Waals surface area contributed by atoms with Crippen molar-refractivity contribution in [3.05, 3.63) is 96.3 Å². The maximum atomic E-state index is 12.7. The highest BCUT2D eigenvalue weighted by molar-refractivity contribution is 5.98. The van der Waals surface area contributed by atoms with E-state index in [1.807, 2.05) is 84.6 Å². The van der Waals surface area contributed by atoms with Gasteiger partial charge in [0.05, 0.1) is 0 Å². The van der Waals surface area contributed by atoms with E-state index < -0.39 is 0 Å². The average Bonchev–Trinajstić information content (AvgIpc) is 3.27. The highest BCUT2D eigenvalue weighted by Gasteiger charge is 2.26. The van der Waals surface area contributed by atoms with Gasteiger partial charge in [0.2, 0.25) is 5.91 Å². The Hall–Kier alpha value is -4.72. The second-order valence-electron chi connectivity index (χ2n) is 10.3. The average molecular weight is 548 g/mol. The highest BCUT2D eigenvalue weighted by atomic mass is 16.5. The molecule has 1 aliphatic rings. The lowest BCUT2D eigenvalue weighted by atomic mass is 10.1. The fraction of sp³-hybridized carbons (Fsp3) is 0.273. The largest absolute Gasteiger partial charge is 0.457 e. The quantitative estimate of drug-likeness (QED) is 0.219. The predicted molar refractivity (Wildman–Crippen MR) is 159 cm³/mol. The Morgan fingerprint density at radius 2 is 1.66 bits per heavy atom. The minimum absolute atomic E-state index is 0.216. The van der Waals surface area contributed by atoms with Crippen molar-refractivity contribution in [2.24, 2.45) is 0 Å². The van der Waals surface area contributed by atoms with Gasteiger partial charge in [0.15, 0.2) is 0 Å². The molecular formula is C33H33N5O3. The Morgan fingerprint density at radius 3 is 2.46 bits per heavy atom. The van der Waals surface area contributed by atoms with Crippen LogP contribution in [0.4, 0.5) is 5.82 Å². The van der Waals surface area contributed by atoms with Crippen molar-refractivity contribution >= 4 is 22.8 Å². The minimum atomic E-state index is 0.216. The molecule has 0 unspecified atom stereocenters. The number of benzene rings is 3. The van der Waals surface area contributed by atoms with E-state index >= 15 is 0 Å². The van der Waals surface area contributed by atoms with Crippen LogP contribution in [0.1, 0.15) is 37.6 Å². The van der Waals surface area contributed by atoms with Gasteiger partial charge in [0, 0.05) is 44.6 Å². The van der Waals surface area contributed by atoms with Crippen molar-refractivity contribution in [3.63, 3.8) is 0 Å². The van der Waals surface area contributed by atoms with Gasteiger partial charge in [-0.2, -0.15) is 4.98 Å². The van der Waals surface area contributed by atoms with Gasteiger partial charge < -0.3 is 19.1 Å². The molecule has 0 atom stereocenters. The van der Waals surface area contributed by atoms with Crippen LogP contribution in [0.5, 0.6) is 11.5 Å². The number of ether oxygens (including phenoxy) is 1. The van der Waals surface area contributed by atoms with Gasteiger partial charge in [0.1, 0.15) is 34.2 Å². The first-order valence-electron chi connectivity index (χ1n) is 14.2. The Labute approximate surface area is 239 Å². The molecule has 5 aromatic rings. The third kappa shape index (κ3) is 6.06. The number of amides is 1. The van der Waals surface area contributed by atoms with Crippen LogP contribution < -0.4 is 9.64 Å². The summed E-state index contributed by atoms with van der Waals surface area (Å²) in [5, 5.41) is 5.25. The Bertz CT molecular complexity index is 1620. The first kappa shape index (κ1) is 26.5. The SMILES string of the molecule is CCCC(=O)N1CCCN(c2nc(Cc3ccccc3)nc3onc(-c4cccc(Oc5ccccc5)c4)c23)CC1. The van der Waals surface area contributed by atoms with Gasteiger partial charge >= 0.3 is 0 Å². The van der Waals surface area contributed by atoms with E-state index in [4.69, 9.17) is 19.2 Å². The van der Waals surface area contributed by atoms with Crippen molar-refractivity contribution in [1.29, 1.82) is 0 Å². The van der Waals surface area contributed by atoms with Crippen LogP contribution in [-0.2, 0) is 11.2 Å². The smallest absolute Gasteiger partial charge is 0.263 e. The van der Waals surface area contributed by atoms with E-state index in [0.29, 0.717) is 48.9 Å². The van der Waals surface area contributed by atoms with Crippen molar-refractivity contribution in [1.82, 2.24) is 20.0 Å². The Morgan fingerprint density at radius 1 is 0.878 bits per heavy atom. The summed E-state index contributed by atoms with van der Waals surface area (Å²) < 4.78 is 12.0. The van der Waals surface area contributed by atoms with Crippen LogP contribution in [0.3, 0.4) is 0 Å². The summed E-state index contributed by atoms with van der Waals surface area (Å²) in [4.78, 5) is 26.8. The summed E-state index contributed by atoms with van der Waals surface area (Å²) in [6.07, 6.45) is 2.87. The standard InChI is InChI=1S/C33H33N5O3/c1-2-11-29(39)37-18-10-19-38(21-20-37)32-30-31(25-14-9-17-27(23-25)40-26-15-7-4-8-16-26)36-41-33(30)35-28(34-32)22-24-12-5-3-6-13-24/h3-9,12-17,23H,2,10-11,18-22H2,1H3. The molecule has 41 heavy (non-hydrogen) atoms. The molecule has 3 heterocycles. The van der Waals surface area contributed by atoms with Crippen molar-refractivity contribution in [2.45, 2.75) is 32.6 Å². The monoisotopic (exact) mass is 547 g/mol. The summed E-state index contributed by atoms with van der Waals surface area (Å²) in [7, 11) is 0.